The van der Waals surface area contributed by atoms with E-state index in [1.54, 1.807) is 13.8 Å². The fourth-order valence-corrected chi connectivity index (χ4v) is 3.62. The van der Waals surface area contributed by atoms with Crippen LogP contribution in [0.2, 0.25) is 0 Å². The van der Waals surface area contributed by atoms with E-state index >= 15 is 0 Å². The zero-order valence-electron chi connectivity index (χ0n) is 14.9. The molecule has 0 spiro atoms. The first-order valence-corrected chi connectivity index (χ1v) is 8.26. The maximum Gasteiger partial charge on any atom is 0.347 e. The van der Waals surface area contributed by atoms with Crippen LogP contribution in [0.25, 0.3) is 11.1 Å². The van der Waals surface area contributed by atoms with Crippen LogP contribution in [-0.4, -0.2) is 23.4 Å². The van der Waals surface area contributed by atoms with E-state index in [1.165, 1.54) is 23.1 Å². The fraction of sp³-hybridized carbons (Fsp3) is 0.300. The van der Waals surface area contributed by atoms with Crippen molar-refractivity contribution in [2.45, 2.75) is 33.2 Å². The van der Waals surface area contributed by atoms with Gasteiger partial charge in [-0.2, -0.15) is 4.99 Å². The Balaban J connectivity index is 0.00000280. The van der Waals surface area contributed by atoms with Gasteiger partial charge in [0.25, 0.3) is 0 Å². The molecule has 2 aromatic rings. The van der Waals surface area contributed by atoms with Gasteiger partial charge < -0.3 is 16.4 Å². The number of urea groups is 1. The zero-order chi connectivity index (χ0) is 19.9. The summed E-state index contributed by atoms with van der Waals surface area (Å²) in [5.74, 6) is -2.43. The molecule has 1 aliphatic rings. The number of nitrogens with two attached hydrogens (primary N) is 2. The molecule has 0 aliphatic carbocycles. The SMILES string of the molecule is C.CC1(C)CN(C(=O)N=C(N)N)Cc2c(-c3c(F)cccc3F)ccc(F)c21. The summed E-state index contributed by atoms with van der Waals surface area (Å²) in [4.78, 5) is 17.1. The molecule has 0 atom stereocenters. The van der Waals surface area contributed by atoms with Crippen molar-refractivity contribution in [1.82, 2.24) is 4.90 Å². The molecule has 0 unspecified atom stereocenters. The van der Waals surface area contributed by atoms with Crippen LogP contribution in [0.15, 0.2) is 35.3 Å². The van der Waals surface area contributed by atoms with E-state index < -0.39 is 34.9 Å². The van der Waals surface area contributed by atoms with Crippen LogP contribution in [0.4, 0.5) is 18.0 Å². The van der Waals surface area contributed by atoms with Gasteiger partial charge in [0.15, 0.2) is 5.96 Å². The summed E-state index contributed by atoms with van der Waals surface area (Å²) in [5.41, 5.74) is 10.3. The van der Waals surface area contributed by atoms with Crippen molar-refractivity contribution in [3.63, 3.8) is 0 Å². The highest BCUT2D eigenvalue weighted by molar-refractivity contribution is 5.91. The predicted molar refractivity (Wildman–Crippen MR) is 103 cm³/mol. The summed E-state index contributed by atoms with van der Waals surface area (Å²) in [6.45, 7) is 3.56. The van der Waals surface area contributed by atoms with Crippen molar-refractivity contribution in [1.29, 1.82) is 0 Å². The van der Waals surface area contributed by atoms with Gasteiger partial charge in [-0.05, 0) is 29.3 Å². The summed E-state index contributed by atoms with van der Waals surface area (Å²) in [5, 5.41) is 0. The van der Waals surface area contributed by atoms with Crippen molar-refractivity contribution >= 4 is 12.0 Å². The summed E-state index contributed by atoms with van der Waals surface area (Å²) in [7, 11) is 0. The zero-order valence-corrected chi connectivity index (χ0v) is 14.9. The van der Waals surface area contributed by atoms with Gasteiger partial charge in [-0.1, -0.05) is 33.4 Å². The molecule has 0 fully saturated rings. The third-order valence-corrected chi connectivity index (χ3v) is 4.60. The van der Waals surface area contributed by atoms with Crippen molar-refractivity contribution < 1.29 is 18.0 Å². The van der Waals surface area contributed by atoms with Gasteiger partial charge in [0.1, 0.15) is 17.5 Å². The van der Waals surface area contributed by atoms with Crippen molar-refractivity contribution in [2.24, 2.45) is 16.5 Å². The highest BCUT2D eigenvalue weighted by Crippen LogP contribution is 2.41. The number of nitrogens with zero attached hydrogens (tertiary/aromatic N) is 2. The number of aliphatic imine (C=N–C) groups is 1. The van der Waals surface area contributed by atoms with Crippen LogP contribution < -0.4 is 11.5 Å². The van der Waals surface area contributed by atoms with E-state index in [2.05, 4.69) is 4.99 Å². The number of fused-ring (bicyclic) bond motifs is 1. The highest BCUT2D eigenvalue weighted by Gasteiger charge is 2.38. The van der Waals surface area contributed by atoms with Gasteiger partial charge >= 0.3 is 6.03 Å². The minimum absolute atomic E-state index is 0. The van der Waals surface area contributed by atoms with Crippen LogP contribution in [0.3, 0.4) is 0 Å². The Morgan fingerprint density at radius 3 is 2.25 bits per heavy atom. The quantitative estimate of drug-likeness (QED) is 0.570. The highest BCUT2D eigenvalue weighted by atomic mass is 19.1. The lowest BCUT2D eigenvalue weighted by atomic mass is 9.76. The Kier molecular flexibility index (Phi) is 5.72. The third-order valence-electron chi connectivity index (χ3n) is 4.60. The van der Waals surface area contributed by atoms with Crippen LogP contribution in [0.5, 0.6) is 0 Å². The third kappa shape index (κ3) is 3.67. The molecule has 3 rings (SSSR count). The molecule has 0 saturated heterocycles. The van der Waals surface area contributed by atoms with Crippen LogP contribution >= 0.6 is 0 Å². The van der Waals surface area contributed by atoms with E-state index in [1.807, 2.05) is 0 Å². The second-order valence-electron chi connectivity index (χ2n) is 7.10. The predicted octanol–water partition coefficient (Wildman–Crippen LogP) is 3.89. The molecule has 1 aliphatic heterocycles. The Bertz CT molecular complexity index is 932. The van der Waals surface area contributed by atoms with E-state index in [4.69, 9.17) is 11.5 Å². The molecule has 0 saturated carbocycles. The summed E-state index contributed by atoms with van der Waals surface area (Å²) >= 11 is 0. The van der Waals surface area contributed by atoms with Gasteiger partial charge in [0.2, 0.25) is 0 Å². The number of benzene rings is 2. The lowest BCUT2D eigenvalue weighted by Gasteiger charge is -2.40. The normalized spacial score (nSPS) is 14.7. The van der Waals surface area contributed by atoms with Gasteiger partial charge in [-0.15, -0.1) is 0 Å². The van der Waals surface area contributed by atoms with E-state index in [0.717, 1.165) is 12.1 Å². The number of rotatable bonds is 1. The van der Waals surface area contributed by atoms with Crippen molar-refractivity contribution in [2.75, 3.05) is 6.54 Å². The number of carbonyl (C=O) groups excluding carboxylic acids is 1. The van der Waals surface area contributed by atoms with Crippen molar-refractivity contribution in [3.05, 3.63) is 58.9 Å². The number of hydrogen-bond donors (Lipinski definition) is 2. The average molecular weight is 392 g/mol. The van der Waals surface area contributed by atoms with Crippen LogP contribution in [0.1, 0.15) is 32.4 Å². The Morgan fingerprint density at radius 1 is 1.07 bits per heavy atom. The lowest BCUT2D eigenvalue weighted by Crippen LogP contribution is -2.45. The topological polar surface area (TPSA) is 84.7 Å². The molecule has 0 bridgehead atoms. The molecule has 2 amide bonds. The molecule has 8 heteroatoms. The largest absolute Gasteiger partial charge is 0.370 e. The number of halogens is 3. The van der Waals surface area contributed by atoms with Gasteiger partial charge in [-0.25, -0.2) is 18.0 Å². The van der Waals surface area contributed by atoms with Crippen LogP contribution in [-0.2, 0) is 12.0 Å². The molecule has 1 heterocycles. The van der Waals surface area contributed by atoms with Crippen LogP contribution in [0, 0.1) is 17.5 Å². The molecular weight excluding hydrogens is 369 g/mol. The Labute approximate surface area is 161 Å². The van der Waals surface area contributed by atoms with Gasteiger partial charge in [0.05, 0.1) is 5.56 Å². The molecular formula is C20H23F3N4O. The van der Waals surface area contributed by atoms with Crippen molar-refractivity contribution in [3.8, 4) is 11.1 Å². The molecule has 2 aromatic carbocycles. The van der Waals surface area contributed by atoms with E-state index in [0.29, 0.717) is 11.1 Å². The Morgan fingerprint density at radius 2 is 1.68 bits per heavy atom. The van der Waals surface area contributed by atoms with Gasteiger partial charge in [0, 0.05) is 24.1 Å². The number of hydrogen-bond acceptors (Lipinski definition) is 1. The first kappa shape index (κ1) is 21.3. The summed E-state index contributed by atoms with van der Waals surface area (Å²) in [6.07, 6.45) is 0. The molecule has 0 aromatic heterocycles. The first-order chi connectivity index (χ1) is 12.6. The number of guanidine groups is 1. The molecule has 4 N–H and O–H groups in total. The molecule has 0 radical (unpaired) electrons. The maximum atomic E-state index is 14.6. The second-order valence-corrected chi connectivity index (χ2v) is 7.10. The monoisotopic (exact) mass is 392 g/mol. The molecule has 5 nitrogen and oxygen atoms in total. The first-order valence-electron chi connectivity index (χ1n) is 8.26. The molecule has 28 heavy (non-hydrogen) atoms. The standard InChI is InChI=1S/C19H19F3N4O.CH4/c1-19(2)9-26(18(27)25-17(23)24)8-11-10(6-7-14(22)16(11)19)15-12(20)4-3-5-13(15)21;/h3-7H,8-9H2,1-2H3,(H4,23,24,25,27);1H4. The fourth-order valence-electron chi connectivity index (χ4n) is 3.62. The van der Waals surface area contributed by atoms with Gasteiger partial charge in [-0.3, -0.25) is 0 Å². The minimum Gasteiger partial charge on any atom is -0.370 e. The van der Waals surface area contributed by atoms with E-state index in [-0.39, 0.29) is 31.6 Å². The smallest absolute Gasteiger partial charge is 0.347 e. The molecule has 150 valence electrons. The van der Waals surface area contributed by atoms with E-state index in [9.17, 15) is 18.0 Å². The minimum atomic E-state index is -0.816. The number of carbonyl (C=O) groups is 1. The average Bonchev–Trinajstić information content (AvgIpc) is 2.54. The second kappa shape index (κ2) is 7.53. The lowest BCUT2D eigenvalue weighted by molar-refractivity contribution is 0.181. The maximum absolute atomic E-state index is 14.6. The summed E-state index contributed by atoms with van der Waals surface area (Å²) in [6, 6.07) is 5.32. The Hall–Kier alpha value is -3.03. The summed E-state index contributed by atoms with van der Waals surface area (Å²) < 4.78 is 43.4. The number of amides is 2.